The van der Waals surface area contributed by atoms with Crippen molar-refractivity contribution in [3.05, 3.63) is 95.3 Å². The Labute approximate surface area is 234 Å². The standard InChI is InChI=1S/C31H36FN5O3/c1-31(2,3)35-30(40)37-17-7-16-36(18-19-37)27-15-14-25(34-28(38)23-8-5-4-6-9-23)20-26(27)29(39)33-21-22-10-12-24(32)13-11-22/h4-6,8-15,20H,7,16-19,21H2,1-3H3,(H,33,39)(H,34,38)(H,35,40). The van der Waals surface area contributed by atoms with Crippen LogP contribution in [-0.4, -0.2) is 54.5 Å². The van der Waals surface area contributed by atoms with E-state index in [2.05, 4.69) is 20.9 Å². The zero-order valence-corrected chi connectivity index (χ0v) is 23.2. The molecule has 0 bridgehead atoms. The van der Waals surface area contributed by atoms with Gasteiger partial charge in [0.05, 0.1) is 5.56 Å². The molecule has 0 atom stereocenters. The molecule has 0 aliphatic carbocycles. The van der Waals surface area contributed by atoms with Gasteiger partial charge in [-0.2, -0.15) is 0 Å². The molecule has 0 spiro atoms. The highest BCUT2D eigenvalue weighted by Crippen LogP contribution is 2.26. The maximum Gasteiger partial charge on any atom is 0.317 e. The number of anilines is 2. The molecule has 1 saturated heterocycles. The van der Waals surface area contributed by atoms with Crippen molar-refractivity contribution in [2.75, 3.05) is 36.4 Å². The molecule has 1 heterocycles. The Balaban J connectivity index is 1.55. The Morgan fingerprint density at radius 3 is 2.27 bits per heavy atom. The third-order valence-electron chi connectivity index (χ3n) is 6.51. The second kappa shape index (κ2) is 12.6. The van der Waals surface area contributed by atoms with Crippen molar-refractivity contribution < 1.29 is 18.8 Å². The number of carbonyl (C=O) groups is 3. The number of nitrogens with one attached hydrogen (secondary N) is 3. The van der Waals surface area contributed by atoms with Crippen LogP contribution in [0.3, 0.4) is 0 Å². The lowest BCUT2D eigenvalue weighted by molar-refractivity contribution is 0.0950. The zero-order chi connectivity index (χ0) is 28.7. The molecule has 1 aliphatic rings. The van der Waals surface area contributed by atoms with Crippen LogP contribution >= 0.6 is 0 Å². The molecular formula is C31H36FN5O3. The molecule has 210 valence electrons. The van der Waals surface area contributed by atoms with Crippen LogP contribution < -0.4 is 20.9 Å². The summed E-state index contributed by atoms with van der Waals surface area (Å²) in [6.07, 6.45) is 0.737. The van der Waals surface area contributed by atoms with Crippen LogP contribution in [0.1, 0.15) is 53.5 Å². The van der Waals surface area contributed by atoms with Crippen molar-refractivity contribution in [1.82, 2.24) is 15.5 Å². The van der Waals surface area contributed by atoms with Crippen molar-refractivity contribution in [1.29, 1.82) is 0 Å². The van der Waals surface area contributed by atoms with Crippen molar-refractivity contribution in [3.63, 3.8) is 0 Å². The van der Waals surface area contributed by atoms with Gasteiger partial charge in [-0.25, -0.2) is 9.18 Å². The highest BCUT2D eigenvalue weighted by atomic mass is 19.1. The van der Waals surface area contributed by atoms with Crippen LogP contribution in [0, 0.1) is 5.82 Å². The summed E-state index contributed by atoms with van der Waals surface area (Å²) in [5.74, 6) is -0.936. The largest absolute Gasteiger partial charge is 0.369 e. The van der Waals surface area contributed by atoms with Gasteiger partial charge in [0.15, 0.2) is 0 Å². The number of nitrogens with zero attached hydrogens (tertiary/aromatic N) is 2. The number of hydrogen-bond donors (Lipinski definition) is 3. The third-order valence-corrected chi connectivity index (χ3v) is 6.51. The van der Waals surface area contributed by atoms with Crippen molar-refractivity contribution in [3.8, 4) is 0 Å². The van der Waals surface area contributed by atoms with Crippen LogP contribution in [0.4, 0.5) is 20.6 Å². The smallest absolute Gasteiger partial charge is 0.317 e. The van der Waals surface area contributed by atoms with E-state index < -0.39 is 0 Å². The van der Waals surface area contributed by atoms with Crippen LogP contribution in [0.5, 0.6) is 0 Å². The van der Waals surface area contributed by atoms with Gasteiger partial charge < -0.3 is 25.8 Å². The molecule has 4 rings (SSSR count). The third kappa shape index (κ3) is 7.81. The number of rotatable bonds is 6. The van der Waals surface area contributed by atoms with Crippen LogP contribution in [0.15, 0.2) is 72.8 Å². The van der Waals surface area contributed by atoms with E-state index >= 15 is 0 Å². The topological polar surface area (TPSA) is 93.8 Å². The van der Waals surface area contributed by atoms with Gasteiger partial charge in [-0.1, -0.05) is 30.3 Å². The Kier molecular flexibility index (Phi) is 9.04. The zero-order valence-electron chi connectivity index (χ0n) is 23.2. The average molecular weight is 546 g/mol. The fourth-order valence-corrected chi connectivity index (χ4v) is 4.51. The predicted octanol–water partition coefficient (Wildman–Crippen LogP) is 5.03. The van der Waals surface area contributed by atoms with Gasteiger partial charge in [0.2, 0.25) is 0 Å². The maximum atomic E-state index is 13.5. The molecule has 1 fully saturated rings. The number of carbonyl (C=O) groups excluding carboxylic acids is 3. The first-order valence-corrected chi connectivity index (χ1v) is 13.4. The van der Waals surface area contributed by atoms with E-state index in [1.54, 1.807) is 53.4 Å². The molecule has 0 aromatic heterocycles. The van der Waals surface area contributed by atoms with Gasteiger partial charge in [0.1, 0.15) is 5.82 Å². The predicted molar refractivity (Wildman–Crippen MR) is 155 cm³/mol. The minimum atomic E-state index is -0.342. The van der Waals surface area contributed by atoms with Gasteiger partial charge in [-0.15, -0.1) is 0 Å². The molecule has 0 unspecified atom stereocenters. The summed E-state index contributed by atoms with van der Waals surface area (Å²) in [7, 11) is 0. The van der Waals surface area contributed by atoms with Crippen molar-refractivity contribution in [2.45, 2.75) is 39.3 Å². The SMILES string of the molecule is CC(C)(C)NC(=O)N1CCCN(c2ccc(NC(=O)c3ccccc3)cc2C(=O)NCc2ccc(F)cc2)CC1. The minimum absolute atomic E-state index is 0.106. The first-order chi connectivity index (χ1) is 19.1. The summed E-state index contributed by atoms with van der Waals surface area (Å²) in [6.45, 7) is 8.39. The average Bonchev–Trinajstić information content (AvgIpc) is 3.19. The second-order valence-electron chi connectivity index (χ2n) is 10.9. The normalized spacial score (nSPS) is 13.8. The molecule has 0 radical (unpaired) electrons. The fourth-order valence-electron chi connectivity index (χ4n) is 4.51. The van der Waals surface area contributed by atoms with Gasteiger partial charge >= 0.3 is 6.03 Å². The lowest BCUT2D eigenvalue weighted by Crippen LogP contribution is -2.49. The summed E-state index contributed by atoms with van der Waals surface area (Å²) in [6, 6.07) is 20.0. The summed E-state index contributed by atoms with van der Waals surface area (Å²) >= 11 is 0. The molecule has 0 saturated carbocycles. The number of halogens is 1. The molecule has 9 heteroatoms. The van der Waals surface area contributed by atoms with E-state index in [0.29, 0.717) is 48.7 Å². The van der Waals surface area contributed by atoms with E-state index in [4.69, 9.17) is 0 Å². The van der Waals surface area contributed by atoms with Gasteiger partial charge in [0, 0.05) is 55.2 Å². The van der Waals surface area contributed by atoms with Crippen molar-refractivity contribution in [2.24, 2.45) is 0 Å². The van der Waals surface area contributed by atoms with E-state index in [1.165, 1.54) is 12.1 Å². The van der Waals surface area contributed by atoms with E-state index in [9.17, 15) is 18.8 Å². The highest BCUT2D eigenvalue weighted by Gasteiger charge is 2.25. The molecule has 3 aromatic carbocycles. The molecule has 3 N–H and O–H groups in total. The maximum absolute atomic E-state index is 13.5. The summed E-state index contributed by atoms with van der Waals surface area (Å²) in [4.78, 5) is 42.9. The lowest BCUT2D eigenvalue weighted by atomic mass is 10.1. The Hall–Kier alpha value is -4.40. The summed E-state index contributed by atoms with van der Waals surface area (Å²) < 4.78 is 13.3. The molecule has 1 aliphatic heterocycles. The fraction of sp³-hybridized carbons (Fsp3) is 0.323. The number of amides is 4. The van der Waals surface area contributed by atoms with Crippen LogP contribution in [-0.2, 0) is 6.54 Å². The molecule has 3 aromatic rings. The number of urea groups is 1. The van der Waals surface area contributed by atoms with Gasteiger partial charge in [-0.05, 0) is 75.2 Å². The van der Waals surface area contributed by atoms with Gasteiger partial charge in [0.25, 0.3) is 11.8 Å². The number of benzene rings is 3. The van der Waals surface area contributed by atoms with Gasteiger partial charge in [-0.3, -0.25) is 9.59 Å². The van der Waals surface area contributed by atoms with E-state index in [-0.39, 0.29) is 35.7 Å². The van der Waals surface area contributed by atoms with E-state index in [1.807, 2.05) is 32.9 Å². The Morgan fingerprint density at radius 2 is 1.57 bits per heavy atom. The molecule has 40 heavy (non-hydrogen) atoms. The first kappa shape index (κ1) is 28.6. The van der Waals surface area contributed by atoms with Crippen LogP contribution in [0.2, 0.25) is 0 Å². The first-order valence-electron chi connectivity index (χ1n) is 13.4. The minimum Gasteiger partial charge on any atom is -0.369 e. The number of hydrogen-bond acceptors (Lipinski definition) is 4. The summed E-state index contributed by atoms with van der Waals surface area (Å²) in [5.41, 5.74) is 2.55. The summed E-state index contributed by atoms with van der Waals surface area (Å²) in [5, 5.41) is 8.82. The Morgan fingerprint density at radius 1 is 0.850 bits per heavy atom. The van der Waals surface area contributed by atoms with Crippen LogP contribution in [0.25, 0.3) is 0 Å². The second-order valence-corrected chi connectivity index (χ2v) is 10.9. The molecule has 8 nitrogen and oxygen atoms in total. The van der Waals surface area contributed by atoms with E-state index in [0.717, 1.165) is 12.0 Å². The monoisotopic (exact) mass is 545 g/mol. The molecular weight excluding hydrogens is 509 g/mol. The highest BCUT2D eigenvalue weighted by molar-refractivity contribution is 6.06. The Bertz CT molecular complexity index is 1340. The van der Waals surface area contributed by atoms with Crippen molar-refractivity contribution >= 4 is 29.2 Å². The lowest BCUT2D eigenvalue weighted by Gasteiger charge is -2.28. The molecule has 4 amide bonds. The quantitative estimate of drug-likeness (QED) is 0.405.